The van der Waals surface area contributed by atoms with E-state index in [2.05, 4.69) is 24.3 Å². The first-order valence-corrected chi connectivity index (χ1v) is 13.8. The molecule has 0 amide bonds. The van der Waals surface area contributed by atoms with E-state index in [-0.39, 0.29) is 0 Å². The summed E-state index contributed by atoms with van der Waals surface area (Å²) in [7, 11) is 0. The van der Waals surface area contributed by atoms with E-state index < -0.39 is 0 Å². The Hall–Kier alpha value is -5.81. The van der Waals surface area contributed by atoms with Gasteiger partial charge in [-0.05, 0) is 6.07 Å². The molecule has 0 saturated heterocycles. The van der Waals surface area contributed by atoms with E-state index in [0.29, 0.717) is 23.3 Å². The maximum Gasteiger partial charge on any atom is 0.164 e. The molecule has 2 aromatic heterocycles. The molecule has 0 saturated carbocycles. The molecule has 42 heavy (non-hydrogen) atoms. The van der Waals surface area contributed by atoms with Crippen molar-refractivity contribution in [3.63, 3.8) is 0 Å². The first-order valence-electron chi connectivity index (χ1n) is 13.8. The predicted molar refractivity (Wildman–Crippen MR) is 168 cm³/mol. The van der Waals surface area contributed by atoms with E-state index in [1.54, 1.807) is 0 Å². The molecular weight excluding hydrogens is 514 g/mol. The van der Waals surface area contributed by atoms with Gasteiger partial charge in [-0.15, -0.1) is 0 Å². The molecule has 0 aliphatic heterocycles. The van der Waals surface area contributed by atoms with Gasteiger partial charge in [0.05, 0.1) is 11.4 Å². The van der Waals surface area contributed by atoms with Gasteiger partial charge < -0.3 is 0 Å². The first kappa shape index (κ1) is 25.2. The largest absolute Gasteiger partial charge is 0.228 e. The fourth-order valence-corrected chi connectivity index (χ4v) is 4.80. The summed E-state index contributed by atoms with van der Waals surface area (Å²) in [4.78, 5) is 24.4. The lowest BCUT2D eigenvalue weighted by atomic mass is 10.1. The number of aromatic nitrogens is 5. The fourth-order valence-electron chi connectivity index (χ4n) is 4.80. The number of hydrogen-bond acceptors (Lipinski definition) is 5. The normalized spacial score (nSPS) is 10.9. The standard InChI is InChI=1S/C37H25N5/c1-5-13-26(14-6-1)32-25-33(27-15-7-2-8-16-27)39-34(38-32)30-21-23-31(24-22-30)37-41-35(28-17-9-3-10-18-28)40-36(42-37)29-19-11-4-12-20-29/h1-25H. The summed E-state index contributed by atoms with van der Waals surface area (Å²) in [6.07, 6.45) is 0. The second kappa shape index (κ2) is 11.4. The molecule has 7 aromatic rings. The molecule has 0 atom stereocenters. The van der Waals surface area contributed by atoms with E-state index in [4.69, 9.17) is 24.9 Å². The van der Waals surface area contributed by atoms with E-state index in [1.165, 1.54) is 0 Å². The van der Waals surface area contributed by atoms with Gasteiger partial charge in [-0.1, -0.05) is 146 Å². The van der Waals surface area contributed by atoms with E-state index >= 15 is 0 Å². The maximum atomic E-state index is 4.96. The zero-order valence-corrected chi connectivity index (χ0v) is 22.7. The highest BCUT2D eigenvalue weighted by molar-refractivity contribution is 5.73. The Balaban J connectivity index is 1.31. The summed E-state index contributed by atoms with van der Waals surface area (Å²) in [5, 5.41) is 0. The highest BCUT2D eigenvalue weighted by atomic mass is 15.0. The molecule has 5 aromatic carbocycles. The summed E-state index contributed by atoms with van der Waals surface area (Å²) in [5.74, 6) is 2.54. The third-order valence-corrected chi connectivity index (χ3v) is 6.97. The van der Waals surface area contributed by atoms with Crippen LogP contribution in [0.3, 0.4) is 0 Å². The van der Waals surface area contributed by atoms with Crippen LogP contribution in [-0.2, 0) is 0 Å². The van der Waals surface area contributed by atoms with Crippen molar-refractivity contribution >= 4 is 0 Å². The average Bonchev–Trinajstić information content (AvgIpc) is 3.09. The zero-order chi connectivity index (χ0) is 28.1. The van der Waals surface area contributed by atoms with Crippen LogP contribution in [0.1, 0.15) is 0 Å². The molecule has 0 aliphatic carbocycles. The zero-order valence-electron chi connectivity index (χ0n) is 22.7. The van der Waals surface area contributed by atoms with Crippen molar-refractivity contribution in [2.75, 3.05) is 0 Å². The Bertz CT molecular complexity index is 1680. The van der Waals surface area contributed by atoms with Crippen LogP contribution < -0.4 is 0 Å². The van der Waals surface area contributed by atoms with Gasteiger partial charge in [0.2, 0.25) is 0 Å². The van der Waals surface area contributed by atoms with Crippen LogP contribution in [0.25, 0.3) is 68.1 Å². The lowest BCUT2D eigenvalue weighted by molar-refractivity contribution is 1.07. The van der Waals surface area contributed by atoms with E-state index in [9.17, 15) is 0 Å². The molecular formula is C37H25N5. The highest BCUT2D eigenvalue weighted by Gasteiger charge is 2.14. The van der Waals surface area contributed by atoms with Crippen LogP contribution in [0.2, 0.25) is 0 Å². The summed E-state index contributed by atoms with van der Waals surface area (Å²) in [5.41, 5.74) is 7.52. The topological polar surface area (TPSA) is 64.5 Å². The monoisotopic (exact) mass is 539 g/mol. The Labute approximate surface area is 244 Å². The van der Waals surface area contributed by atoms with Crippen molar-refractivity contribution < 1.29 is 0 Å². The quantitative estimate of drug-likeness (QED) is 0.212. The van der Waals surface area contributed by atoms with Gasteiger partial charge in [-0.3, -0.25) is 0 Å². The number of benzene rings is 5. The molecule has 2 heterocycles. The van der Waals surface area contributed by atoms with E-state index in [1.807, 2.05) is 127 Å². The second-order valence-corrected chi connectivity index (χ2v) is 9.81. The van der Waals surface area contributed by atoms with Gasteiger partial charge in [-0.2, -0.15) is 0 Å². The first-order chi connectivity index (χ1) is 20.8. The molecule has 0 radical (unpaired) electrons. The predicted octanol–water partition coefficient (Wildman–Crippen LogP) is 8.66. The number of hydrogen-bond donors (Lipinski definition) is 0. The fraction of sp³-hybridized carbons (Fsp3) is 0. The lowest BCUT2D eigenvalue weighted by Gasteiger charge is -2.10. The lowest BCUT2D eigenvalue weighted by Crippen LogP contribution is -2.00. The van der Waals surface area contributed by atoms with Crippen molar-refractivity contribution in [3.8, 4) is 68.1 Å². The minimum absolute atomic E-state index is 0.609. The molecule has 5 heteroatoms. The van der Waals surface area contributed by atoms with Crippen molar-refractivity contribution in [2.24, 2.45) is 0 Å². The van der Waals surface area contributed by atoms with Crippen molar-refractivity contribution in [1.82, 2.24) is 24.9 Å². The van der Waals surface area contributed by atoms with Gasteiger partial charge >= 0.3 is 0 Å². The van der Waals surface area contributed by atoms with Crippen LogP contribution in [0.4, 0.5) is 0 Å². The van der Waals surface area contributed by atoms with E-state index in [0.717, 1.165) is 44.8 Å². The van der Waals surface area contributed by atoms with Crippen molar-refractivity contribution in [2.45, 2.75) is 0 Å². The Morgan fingerprint density at radius 2 is 0.500 bits per heavy atom. The number of rotatable bonds is 6. The van der Waals surface area contributed by atoms with Gasteiger partial charge in [-0.25, -0.2) is 24.9 Å². The summed E-state index contributed by atoms with van der Waals surface area (Å²) in [6.45, 7) is 0. The molecule has 0 spiro atoms. The Morgan fingerprint density at radius 1 is 0.238 bits per heavy atom. The molecule has 0 fully saturated rings. The minimum Gasteiger partial charge on any atom is -0.228 e. The number of nitrogens with zero attached hydrogens (tertiary/aromatic N) is 5. The SMILES string of the molecule is c1ccc(-c2cc(-c3ccccc3)nc(-c3ccc(-c4nc(-c5ccccc5)nc(-c5ccccc5)n4)cc3)n2)cc1. The second-order valence-electron chi connectivity index (χ2n) is 9.81. The van der Waals surface area contributed by atoms with Crippen molar-refractivity contribution in [1.29, 1.82) is 0 Å². The minimum atomic E-state index is 0.609. The smallest absolute Gasteiger partial charge is 0.164 e. The third-order valence-electron chi connectivity index (χ3n) is 6.97. The molecule has 7 rings (SSSR count). The van der Waals surface area contributed by atoms with Crippen LogP contribution in [-0.4, -0.2) is 24.9 Å². The van der Waals surface area contributed by atoms with Crippen molar-refractivity contribution in [3.05, 3.63) is 152 Å². The summed E-state index contributed by atoms with van der Waals surface area (Å²) >= 11 is 0. The van der Waals surface area contributed by atoms with Gasteiger partial charge in [0.15, 0.2) is 23.3 Å². The Kier molecular flexibility index (Phi) is 6.81. The highest BCUT2D eigenvalue weighted by Crippen LogP contribution is 2.29. The van der Waals surface area contributed by atoms with Crippen LogP contribution >= 0.6 is 0 Å². The molecule has 0 bridgehead atoms. The van der Waals surface area contributed by atoms with Crippen LogP contribution in [0, 0.1) is 0 Å². The maximum absolute atomic E-state index is 4.96. The van der Waals surface area contributed by atoms with Gasteiger partial charge in [0.25, 0.3) is 0 Å². The molecule has 0 aliphatic rings. The summed E-state index contributed by atoms with van der Waals surface area (Å²) in [6, 6.07) is 50.5. The summed E-state index contributed by atoms with van der Waals surface area (Å²) < 4.78 is 0. The third kappa shape index (κ3) is 5.31. The van der Waals surface area contributed by atoms with Gasteiger partial charge in [0.1, 0.15) is 0 Å². The molecule has 198 valence electrons. The van der Waals surface area contributed by atoms with Crippen LogP contribution in [0.15, 0.2) is 152 Å². The molecule has 0 N–H and O–H groups in total. The molecule has 5 nitrogen and oxygen atoms in total. The van der Waals surface area contributed by atoms with Crippen LogP contribution in [0.5, 0.6) is 0 Å². The molecule has 0 unspecified atom stereocenters. The average molecular weight is 540 g/mol. The van der Waals surface area contributed by atoms with Gasteiger partial charge in [0, 0.05) is 33.4 Å². The Morgan fingerprint density at radius 3 is 0.833 bits per heavy atom.